The van der Waals surface area contributed by atoms with Crippen LogP contribution < -0.4 is 25.0 Å². The molecule has 0 saturated carbocycles. The largest absolute Gasteiger partial charge is 0.489 e. The molecular formula is C27H26ClN3O5. The number of hydrazone groups is 1. The number of carbonyl (C=O) groups is 2. The summed E-state index contributed by atoms with van der Waals surface area (Å²) in [5.74, 6) is 0.824. The van der Waals surface area contributed by atoms with Gasteiger partial charge >= 0.3 is 0 Å². The molecule has 1 unspecified atom stereocenters. The van der Waals surface area contributed by atoms with Crippen molar-refractivity contribution in [2.24, 2.45) is 11.0 Å². The molecule has 8 nitrogen and oxygen atoms in total. The van der Waals surface area contributed by atoms with Gasteiger partial charge in [-0.2, -0.15) is 5.10 Å². The van der Waals surface area contributed by atoms with Crippen LogP contribution in [0.1, 0.15) is 35.3 Å². The first-order valence-corrected chi connectivity index (χ1v) is 11.8. The number of halogens is 1. The molecule has 4 rings (SSSR count). The van der Waals surface area contributed by atoms with Crippen molar-refractivity contribution in [3.63, 3.8) is 0 Å². The van der Waals surface area contributed by atoms with Gasteiger partial charge in [0, 0.05) is 10.6 Å². The van der Waals surface area contributed by atoms with Crippen LogP contribution in [0.4, 0.5) is 0 Å². The van der Waals surface area contributed by atoms with Gasteiger partial charge in [0.05, 0.1) is 6.21 Å². The number of benzene rings is 3. The quantitative estimate of drug-likeness (QED) is 0.327. The molecule has 2 amide bonds. The Morgan fingerprint density at radius 2 is 1.75 bits per heavy atom. The number of hydrogen-bond acceptors (Lipinski definition) is 6. The number of ether oxygens (including phenoxy) is 3. The van der Waals surface area contributed by atoms with Crippen molar-refractivity contribution >= 4 is 29.6 Å². The van der Waals surface area contributed by atoms with E-state index in [2.05, 4.69) is 15.8 Å². The van der Waals surface area contributed by atoms with Crippen LogP contribution in [0, 0.1) is 5.92 Å². The van der Waals surface area contributed by atoms with E-state index in [1.807, 2.05) is 62.4 Å². The van der Waals surface area contributed by atoms with Crippen LogP contribution in [-0.4, -0.2) is 30.9 Å². The molecule has 0 aliphatic carbocycles. The zero-order valence-electron chi connectivity index (χ0n) is 19.9. The van der Waals surface area contributed by atoms with Crippen LogP contribution in [0.3, 0.4) is 0 Å². The lowest BCUT2D eigenvalue weighted by Gasteiger charge is -2.20. The van der Waals surface area contributed by atoms with Gasteiger partial charge in [0.15, 0.2) is 11.5 Å². The molecule has 3 aromatic rings. The second-order valence-electron chi connectivity index (χ2n) is 8.48. The second kappa shape index (κ2) is 11.6. The number of fused-ring (bicyclic) bond motifs is 1. The molecule has 1 heterocycles. The number of hydrogen-bond donors (Lipinski definition) is 2. The lowest BCUT2D eigenvalue weighted by Crippen LogP contribution is -2.48. The van der Waals surface area contributed by atoms with Gasteiger partial charge in [0.2, 0.25) is 6.79 Å². The third-order valence-corrected chi connectivity index (χ3v) is 5.71. The van der Waals surface area contributed by atoms with E-state index in [-0.39, 0.29) is 18.6 Å². The molecular weight excluding hydrogens is 482 g/mol. The van der Waals surface area contributed by atoms with Gasteiger partial charge in [-0.25, -0.2) is 5.43 Å². The summed E-state index contributed by atoms with van der Waals surface area (Å²) in [6.07, 6.45) is 1.53. The van der Waals surface area contributed by atoms with Gasteiger partial charge < -0.3 is 19.5 Å². The average molecular weight is 508 g/mol. The first-order chi connectivity index (χ1) is 17.4. The van der Waals surface area contributed by atoms with E-state index in [1.54, 1.807) is 18.2 Å². The molecule has 36 heavy (non-hydrogen) atoms. The van der Waals surface area contributed by atoms with Crippen LogP contribution in [-0.2, 0) is 11.4 Å². The van der Waals surface area contributed by atoms with Crippen LogP contribution >= 0.6 is 11.6 Å². The first kappa shape index (κ1) is 25.1. The van der Waals surface area contributed by atoms with E-state index in [0.717, 1.165) is 11.1 Å². The summed E-state index contributed by atoms with van der Waals surface area (Å²) in [5, 5.41) is 7.48. The molecule has 0 spiro atoms. The highest BCUT2D eigenvalue weighted by Crippen LogP contribution is 2.32. The van der Waals surface area contributed by atoms with Crippen molar-refractivity contribution in [2.75, 3.05) is 6.79 Å². The van der Waals surface area contributed by atoms with E-state index < -0.39 is 11.9 Å². The predicted molar refractivity (Wildman–Crippen MR) is 137 cm³/mol. The molecule has 1 atom stereocenters. The summed E-state index contributed by atoms with van der Waals surface area (Å²) in [6.45, 7) is 4.23. The highest BCUT2D eigenvalue weighted by molar-refractivity contribution is 6.30. The maximum Gasteiger partial charge on any atom is 0.262 e. The zero-order valence-corrected chi connectivity index (χ0v) is 20.6. The molecule has 1 aliphatic heterocycles. The highest BCUT2D eigenvalue weighted by Gasteiger charge is 2.25. The molecule has 186 valence electrons. The topological polar surface area (TPSA) is 98.2 Å². The summed E-state index contributed by atoms with van der Waals surface area (Å²) in [4.78, 5) is 25.4. The second-order valence-corrected chi connectivity index (χ2v) is 8.92. The standard InChI is InChI=1S/C27H26ClN3O5/c1-17(2)25(30-26(32)20-7-12-23-24(13-20)36-16-35-23)27(33)31-29-14-18-5-10-22(11-6-18)34-15-19-3-8-21(28)9-4-19/h3-14,17,25H,15-16H2,1-2H3,(H,30,32)(H,31,33). The number of nitrogens with zero attached hydrogens (tertiary/aromatic N) is 1. The van der Waals surface area contributed by atoms with Crippen LogP contribution in [0.15, 0.2) is 71.8 Å². The third kappa shape index (κ3) is 6.55. The molecule has 0 radical (unpaired) electrons. The minimum Gasteiger partial charge on any atom is -0.489 e. The molecule has 0 bridgehead atoms. The van der Waals surface area contributed by atoms with Crippen LogP contribution in [0.2, 0.25) is 5.02 Å². The number of amides is 2. The Morgan fingerprint density at radius 3 is 2.47 bits per heavy atom. The Bertz CT molecular complexity index is 1240. The minimum atomic E-state index is -0.774. The number of rotatable bonds is 9. The Morgan fingerprint density at radius 1 is 1.03 bits per heavy atom. The fraction of sp³-hybridized carbons (Fsp3) is 0.222. The Labute approximate surface area is 214 Å². The smallest absolute Gasteiger partial charge is 0.262 e. The van der Waals surface area contributed by atoms with Gasteiger partial charge in [-0.1, -0.05) is 37.6 Å². The molecule has 0 aromatic heterocycles. The van der Waals surface area contributed by atoms with E-state index in [0.29, 0.717) is 34.4 Å². The van der Waals surface area contributed by atoms with Crippen molar-refractivity contribution in [1.82, 2.24) is 10.7 Å². The predicted octanol–water partition coefficient (Wildman–Crippen LogP) is 4.55. The van der Waals surface area contributed by atoms with Gasteiger partial charge in [-0.05, 0) is 71.6 Å². The molecule has 0 saturated heterocycles. The minimum absolute atomic E-state index is 0.120. The zero-order chi connectivity index (χ0) is 25.5. The van der Waals surface area contributed by atoms with Crippen molar-refractivity contribution in [2.45, 2.75) is 26.5 Å². The number of carbonyl (C=O) groups excluding carboxylic acids is 2. The van der Waals surface area contributed by atoms with Crippen molar-refractivity contribution in [1.29, 1.82) is 0 Å². The molecule has 2 N–H and O–H groups in total. The maximum absolute atomic E-state index is 12.7. The lowest BCUT2D eigenvalue weighted by atomic mass is 10.0. The Kier molecular flexibility index (Phi) is 8.07. The fourth-order valence-electron chi connectivity index (χ4n) is 3.43. The van der Waals surface area contributed by atoms with E-state index in [9.17, 15) is 9.59 Å². The van der Waals surface area contributed by atoms with Gasteiger partial charge in [0.1, 0.15) is 18.4 Å². The van der Waals surface area contributed by atoms with Crippen molar-refractivity contribution < 1.29 is 23.8 Å². The van der Waals surface area contributed by atoms with Gasteiger partial charge in [0.25, 0.3) is 11.8 Å². The summed E-state index contributed by atoms with van der Waals surface area (Å²) < 4.78 is 16.4. The van der Waals surface area contributed by atoms with E-state index in [4.69, 9.17) is 25.8 Å². The summed E-state index contributed by atoms with van der Waals surface area (Å²) in [7, 11) is 0. The van der Waals surface area contributed by atoms with Crippen molar-refractivity contribution in [3.05, 3.63) is 88.4 Å². The maximum atomic E-state index is 12.7. The summed E-state index contributed by atoms with van der Waals surface area (Å²) >= 11 is 5.90. The Hall–Kier alpha value is -4.04. The summed E-state index contributed by atoms with van der Waals surface area (Å²) in [6, 6.07) is 18.9. The molecule has 3 aromatic carbocycles. The fourth-order valence-corrected chi connectivity index (χ4v) is 3.56. The average Bonchev–Trinajstić information content (AvgIpc) is 3.35. The van der Waals surface area contributed by atoms with Crippen LogP contribution in [0.5, 0.6) is 17.2 Å². The molecule has 1 aliphatic rings. The first-order valence-electron chi connectivity index (χ1n) is 11.4. The van der Waals surface area contributed by atoms with Crippen molar-refractivity contribution in [3.8, 4) is 17.2 Å². The van der Waals surface area contributed by atoms with Gasteiger partial charge in [-0.3, -0.25) is 9.59 Å². The van der Waals surface area contributed by atoms with E-state index in [1.165, 1.54) is 6.21 Å². The summed E-state index contributed by atoms with van der Waals surface area (Å²) in [5.41, 5.74) is 4.67. The normalized spacial score (nSPS) is 13.0. The molecule has 0 fully saturated rings. The highest BCUT2D eigenvalue weighted by atomic mass is 35.5. The third-order valence-electron chi connectivity index (χ3n) is 5.46. The van der Waals surface area contributed by atoms with Gasteiger partial charge in [-0.15, -0.1) is 0 Å². The van der Waals surface area contributed by atoms with Crippen LogP contribution in [0.25, 0.3) is 0 Å². The number of nitrogens with one attached hydrogen (secondary N) is 2. The molecule has 9 heteroatoms. The monoisotopic (exact) mass is 507 g/mol. The lowest BCUT2D eigenvalue weighted by molar-refractivity contribution is -0.123. The van der Waals surface area contributed by atoms with E-state index >= 15 is 0 Å². The SMILES string of the molecule is CC(C)C(NC(=O)c1ccc2c(c1)OCO2)C(=O)NN=Cc1ccc(OCc2ccc(Cl)cc2)cc1. The Balaban J connectivity index is 1.29.